The Hall–Kier alpha value is -1.08. The zero-order chi connectivity index (χ0) is 15.7. The summed E-state index contributed by atoms with van der Waals surface area (Å²) in [4.78, 5) is 1.84. The first-order valence-corrected chi connectivity index (χ1v) is 8.82. The van der Waals surface area contributed by atoms with Gasteiger partial charge in [-0.25, -0.2) is 8.42 Å². The molecule has 21 heavy (non-hydrogen) atoms. The van der Waals surface area contributed by atoms with Crippen molar-refractivity contribution in [3.8, 4) is 0 Å². The molecule has 1 aromatic carbocycles. The molecule has 0 saturated carbocycles. The first-order valence-electron chi connectivity index (χ1n) is 6.76. The molecule has 0 aromatic heterocycles. The number of alkyl halides is 3. The summed E-state index contributed by atoms with van der Waals surface area (Å²) in [6.45, 7) is 0.905. The molecule has 1 aliphatic heterocycles. The van der Waals surface area contributed by atoms with Gasteiger partial charge < -0.3 is 0 Å². The van der Waals surface area contributed by atoms with E-state index < -0.39 is 21.6 Å². The fraction of sp³-hybridized carbons (Fsp3) is 0.571. The molecular weight excluding hydrogens is 303 g/mol. The zero-order valence-corrected chi connectivity index (χ0v) is 12.5. The van der Waals surface area contributed by atoms with Gasteiger partial charge in [-0.15, -0.1) is 0 Å². The Morgan fingerprint density at radius 1 is 1.29 bits per heavy atom. The van der Waals surface area contributed by atoms with Crippen LogP contribution in [0.1, 0.15) is 30.0 Å². The summed E-state index contributed by atoms with van der Waals surface area (Å²) in [5, 5.41) is 0. The summed E-state index contributed by atoms with van der Waals surface area (Å²) in [5.74, 6) is -0.0301. The summed E-state index contributed by atoms with van der Waals surface area (Å²) in [5.41, 5.74) is -0.378. The minimum atomic E-state index is -4.39. The van der Waals surface area contributed by atoms with E-state index >= 15 is 0 Å². The minimum Gasteiger partial charge on any atom is -0.295 e. The molecule has 7 heteroatoms. The molecule has 0 bridgehead atoms. The van der Waals surface area contributed by atoms with Crippen LogP contribution in [0.4, 0.5) is 13.2 Å². The van der Waals surface area contributed by atoms with Gasteiger partial charge in [0.1, 0.15) is 9.84 Å². The van der Waals surface area contributed by atoms with Gasteiger partial charge in [0, 0.05) is 18.8 Å². The molecular formula is C14H18F3NO2S. The van der Waals surface area contributed by atoms with E-state index in [9.17, 15) is 21.6 Å². The Balaban J connectivity index is 2.24. The maximum atomic E-state index is 13.1. The highest BCUT2D eigenvalue weighted by Crippen LogP contribution is 2.40. The lowest BCUT2D eigenvalue weighted by atomic mass is 9.98. The monoisotopic (exact) mass is 321 g/mol. The Labute approximate surface area is 122 Å². The Morgan fingerprint density at radius 3 is 2.57 bits per heavy atom. The van der Waals surface area contributed by atoms with E-state index in [1.807, 2.05) is 4.90 Å². The number of nitrogens with zero attached hydrogens (tertiary/aromatic N) is 1. The van der Waals surface area contributed by atoms with Crippen molar-refractivity contribution in [1.29, 1.82) is 0 Å². The van der Waals surface area contributed by atoms with Crippen molar-refractivity contribution in [2.45, 2.75) is 25.1 Å². The number of likely N-dealkylation sites (tertiary alicyclic amines) is 1. The van der Waals surface area contributed by atoms with Gasteiger partial charge in [-0.2, -0.15) is 13.2 Å². The number of sulfone groups is 1. The second-order valence-electron chi connectivity index (χ2n) is 5.41. The summed E-state index contributed by atoms with van der Waals surface area (Å²) < 4.78 is 61.8. The smallest absolute Gasteiger partial charge is 0.295 e. The molecule has 2 rings (SSSR count). The molecule has 1 fully saturated rings. The standard InChI is InChI=1S/C14H18F3NO2S/c1-21(19,20)10-9-18-8-4-7-13(18)11-5-2-3-6-12(11)14(15,16)17/h2-3,5-6,13H,4,7-10H2,1H3/t13-/m1/s1. The van der Waals surface area contributed by atoms with Gasteiger partial charge in [-0.05, 0) is 31.0 Å². The molecule has 0 amide bonds. The fourth-order valence-electron chi connectivity index (χ4n) is 2.77. The first-order chi connectivity index (χ1) is 9.68. The van der Waals surface area contributed by atoms with Crippen LogP contribution in [0.25, 0.3) is 0 Å². The number of hydrogen-bond acceptors (Lipinski definition) is 3. The maximum absolute atomic E-state index is 13.1. The SMILES string of the molecule is CS(=O)(=O)CCN1CCC[C@@H]1c1ccccc1C(F)(F)F. The molecule has 118 valence electrons. The van der Waals surface area contributed by atoms with Gasteiger partial charge in [0.15, 0.2) is 0 Å². The number of halogens is 3. The lowest BCUT2D eigenvalue weighted by Gasteiger charge is -2.26. The Bertz CT molecular complexity index is 598. The van der Waals surface area contributed by atoms with Crippen LogP contribution < -0.4 is 0 Å². The highest BCUT2D eigenvalue weighted by atomic mass is 32.2. The zero-order valence-electron chi connectivity index (χ0n) is 11.7. The first kappa shape index (κ1) is 16.3. The molecule has 0 unspecified atom stereocenters. The molecule has 0 aliphatic carbocycles. The topological polar surface area (TPSA) is 37.4 Å². The largest absolute Gasteiger partial charge is 0.416 e. The van der Waals surface area contributed by atoms with E-state index in [2.05, 4.69) is 0 Å². The maximum Gasteiger partial charge on any atom is 0.416 e. The third-order valence-electron chi connectivity index (χ3n) is 3.74. The van der Waals surface area contributed by atoms with Crippen molar-refractivity contribution in [2.75, 3.05) is 25.1 Å². The van der Waals surface area contributed by atoms with Crippen LogP contribution in [-0.2, 0) is 16.0 Å². The molecule has 3 nitrogen and oxygen atoms in total. The Kier molecular flexibility index (Phi) is 4.63. The third kappa shape index (κ3) is 4.20. The van der Waals surface area contributed by atoms with E-state index in [-0.39, 0.29) is 23.9 Å². The third-order valence-corrected chi connectivity index (χ3v) is 4.66. The van der Waals surface area contributed by atoms with Crippen LogP contribution in [0.5, 0.6) is 0 Å². The van der Waals surface area contributed by atoms with E-state index in [0.717, 1.165) is 18.7 Å². The molecule has 1 atom stereocenters. The van der Waals surface area contributed by atoms with Crippen molar-refractivity contribution in [3.63, 3.8) is 0 Å². The van der Waals surface area contributed by atoms with Crippen LogP contribution in [0.3, 0.4) is 0 Å². The number of benzene rings is 1. The van der Waals surface area contributed by atoms with Gasteiger partial charge in [0.2, 0.25) is 0 Å². The normalized spacial score (nSPS) is 20.9. The molecule has 0 N–H and O–H groups in total. The van der Waals surface area contributed by atoms with Crippen molar-refractivity contribution in [3.05, 3.63) is 35.4 Å². The Morgan fingerprint density at radius 2 is 1.95 bits per heavy atom. The van der Waals surface area contributed by atoms with Gasteiger partial charge in [0.05, 0.1) is 11.3 Å². The molecule has 1 aliphatic rings. The predicted octanol–water partition coefficient (Wildman–Crippen LogP) is 2.89. The van der Waals surface area contributed by atoms with Gasteiger partial charge in [-0.3, -0.25) is 4.90 Å². The van der Waals surface area contributed by atoms with E-state index in [4.69, 9.17) is 0 Å². The number of rotatable bonds is 4. The van der Waals surface area contributed by atoms with Gasteiger partial charge in [-0.1, -0.05) is 18.2 Å². The van der Waals surface area contributed by atoms with Crippen LogP contribution >= 0.6 is 0 Å². The summed E-state index contributed by atoms with van der Waals surface area (Å²) >= 11 is 0. The van der Waals surface area contributed by atoms with E-state index in [0.29, 0.717) is 13.0 Å². The molecule has 1 heterocycles. The van der Waals surface area contributed by atoms with Gasteiger partial charge in [0.25, 0.3) is 0 Å². The second kappa shape index (κ2) is 5.96. The highest BCUT2D eigenvalue weighted by Gasteiger charge is 2.37. The minimum absolute atomic E-state index is 0.0301. The number of hydrogen-bond donors (Lipinski definition) is 0. The summed E-state index contributed by atoms with van der Waals surface area (Å²) in [6, 6.07) is 5.19. The summed E-state index contributed by atoms with van der Waals surface area (Å²) in [6.07, 6.45) is -1.85. The molecule has 0 spiro atoms. The highest BCUT2D eigenvalue weighted by molar-refractivity contribution is 7.90. The van der Waals surface area contributed by atoms with Crippen LogP contribution in [0, 0.1) is 0 Å². The molecule has 0 radical (unpaired) electrons. The van der Waals surface area contributed by atoms with Gasteiger partial charge >= 0.3 is 6.18 Å². The lowest BCUT2D eigenvalue weighted by Crippen LogP contribution is -2.30. The van der Waals surface area contributed by atoms with Crippen LogP contribution in [-0.4, -0.2) is 38.4 Å². The quantitative estimate of drug-likeness (QED) is 0.856. The average molecular weight is 321 g/mol. The second-order valence-corrected chi connectivity index (χ2v) is 7.67. The summed E-state index contributed by atoms with van der Waals surface area (Å²) in [7, 11) is -3.12. The fourth-order valence-corrected chi connectivity index (χ4v) is 3.34. The molecule has 1 aromatic rings. The van der Waals surface area contributed by atoms with Crippen molar-refractivity contribution >= 4 is 9.84 Å². The van der Waals surface area contributed by atoms with Crippen molar-refractivity contribution in [1.82, 2.24) is 4.90 Å². The lowest BCUT2D eigenvalue weighted by molar-refractivity contribution is -0.138. The molecule has 1 saturated heterocycles. The van der Waals surface area contributed by atoms with Crippen molar-refractivity contribution in [2.24, 2.45) is 0 Å². The van der Waals surface area contributed by atoms with Crippen molar-refractivity contribution < 1.29 is 21.6 Å². The van der Waals surface area contributed by atoms with E-state index in [1.165, 1.54) is 12.1 Å². The van der Waals surface area contributed by atoms with Crippen LogP contribution in [0.2, 0.25) is 0 Å². The van der Waals surface area contributed by atoms with E-state index in [1.54, 1.807) is 6.07 Å². The predicted molar refractivity (Wildman–Crippen MR) is 74.7 cm³/mol. The van der Waals surface area contributed by atoms with Crippen LogP contribution in [0.15, 0.2) is 24.3 Å². The average Bonchev–Trinajstić information content (AvgIpc) is 2.82.